The fourth-order valence-corrected chi connectivity index (χ4v) is 1.81. The molecule has 0 aliphatic heterocycles. The smallest absolute Gasteiger partial charge is 0.368 e. The lowest BCUT2D eigenvalue weighted by atomic mass is 10.2. The molecule has 3 aromatic rings. The summed E-state index contributed by atoms with van der Waals surface area (Å²) in [5, 5.41) is 18.2. The zero-order valence-corrected chi connectivity index (χ0v) is 10.4. The van der Waals surface area contributed by atoms with Gasteiger partial charge in [0.05, 0.1) is 11.1 Å². The second kappa shape index (κ2) is 4.97. The third kappa shape index (κ3) is 2.16. The number of aromatic hydroxyl groups is 1. The van der Waals surface area contributed by atoms with Crippen LogP contribution in [0.25, 0.3) is 11.0 Å². The molecule has 20 heavy (non-hydrogen) atoms. The Morgan fingerprint density at radius 3 is 2.40 bits per heavy atom. The molecule has 0 radical (unpaired) electrons. The van der Waals surface area contributed by atoms with E-state index in [0.29, 0.717) is 16.7 Å². The van der Waals surface area contributed by atoms with Crippen LogP contribution in [0, 0.1) is 0 Å². The van der Waals surface area contributed by atoms with Crippen LogP contribution in [0.2, 0.25) is 0 Å². The summed E-state index contributed by atoms with van der Waals surface area (Å²) in [5.41, 5.74) is -0.0263. The molecule has 0 aliphatic carbocycles. The maximum atomic E-state index is 11.8. The molecule has 1 heterocycles. The monoisotopic (exact) mass is 266 g/mol. The minimum atomic E-state index is -0.721. The van der Waals surface area contributed by atoms with Crippen molar-refractivity contribution in [3.63, 3.8) is 0 Å². The summed E-state index contributed by atoms with van der Waals surface area (Å²) in [6, 6.07) is 15.6. The minimum Gasteiger partial charge on any atom is -0.505 e. The van der Waals surface area contributed by atoms with Gasteiger partial charge in [-0.3, -0.25) is 0 Å². The van der Waals surface area contributed by atoms with Crippen LogP contribution in [0.15, 0.2) is 74.0 Å². The number of fused-ring (bicyclic) bond motifs is 1. The van der Waals surface area contributed by atoms with Crippen LogP contribution in [0.1, 0.15) is 0 Å². The lowest BCUT2D eigenvalue weighted by Crippen LogP contribution is -1.98. The SMILES string of the molecule is O=c1oc2ccccc2c(O)c1/N=N/c1ccccc1. The highest BCUT2D eigenvalue weighted by Crippen LogP contribution is 2.32. The number of benzene rings is 2. The van der Waals surface area contributed by atoms with Crippen LogP contribution < -0.4 is 5.63 Å². The van der Waals surface area contributed by atoms with Gasteiger partial charge in [-0.15, -0.1) is 5.11 Å². The quantitative estimate of drug-likeness (QED) is 0.564. The molecule has 0 unspecified atom stereocenters. The number of hydrogen-bond acceptors (Lipinski definition) is 5. The van der Waals surface area contributed by atoms with Gasteiger partial charge < -0.3 is 9.52 Å². The Hall–Kier alpha value is -2.95. The highest BCUT2D eigenvalue weighted by atomic mass is 16.4. The Bertz CT molecular complexity index is 839. The molecule has 0 spiro atoms. The number of rotatable bonds is 2. The Balaban J connectivity index is 2.12. The van der Waals surface area contributed by atoms with Gasteiger partial charge in [-0.2, -0.15) is 5.11 Å². The van der Waals surface area contributed by atoms with Crippen molar-refractivity contribution < 1.29 is 9.52 Å². The fourth-order valence-electron chi connectivity index (χ4n) is 1.81. The molecule has 5 nitrogen and oxygen atoms in total. The molecular weight excluding hydrogens is 256 g/mol. The first-order valence-corrected chi connectivity index (χ1v) is 5.97. The molecule has 0 bridgehead atoms. The van der Waals surface area contributed by atoms with Gasteiger partial charge in [-0.05, 0) is 24.3 Å². The number of nitrogens with zero attached hydrogens (tertiary/aromatic N) is 2. The minimum absolute atomic E-state index is 0.201. The second-order valence-electron chi connectivity index (χ2n) is 4.12. The van der Waals surface area contributed by atoms with E-state index in [1.54, 1.807) is 48.5 Å². The van der Waals surface area contributed by atoms with Crippen molar-refractivity contribution in [1.82, 2.24) is 0 Å². The van der Waals surface area contributed by atoms with Gasteiger partial charge in [-0.1, -0.05) is 30.3 Å². The average molecular weight is 266 g/mol. The second-order valence-corrected chi connectivity index (χ2v) is 4.12. The van der Waals surface area contributed by atoms with Crippen molar-refractivity contribution in [2.24, 2.45) is 10.2 Å². The zero-order valence-electron chi connectivity index (χ0n) is 10.4. The topological polar surface area (TPSA) is 75.2 Å². The molecule has 3 rings (SSSR count). The first kappa shape index (κ1) is 12.1. The van der Waals surface area contributed by atoms with Crippen molar-refractivity contribution in [2.45, 2.75) is 0 Å². The maximum absolute atomic E-state index is 11.8. The van der Waals surface area contributed by atoms with E-state index < -0.39 is 5.63 Å². The molecule has 0 amide bonds. The van der Waals surface area contributed by atoms with Gasteiger partial charge in [0.1, 0.15) is 5.58 Å². The molecule has 0 saturated carbocycles. The normalized spacial score (nSPS) is 11.2. The molecule has 1 aromatic heterocycles. The highest BCUT2D eigenvalue weighted by Gasteiger charge is 2.12. The van der Waals surface area contributed by atoms with Gasteiger partial charge in [0.2, 0.25) is 5.69 Å². The van der Waals surface area contributed by atoms with Gasteiger partial charge in [0, 0.05) is 0 Å². The van der Waals surface area contributed by atoms with Crippen LogP contribution in [0.5, 0.6) is 5.75 Å². The van der Waals surface area contributed by atoms with E-state index >= 15 is 0 Å². The standard InChI is InChI=1S/C15H10N2O3/c18-14-11-8-4-5-9-12(11)20-15(19)13(14)17-16-10-6-2-1-3-7-10/h1-9,18H/b17-16+. The lowest BCUT2D eigenvalue weighted by molar-refractivity contribution is 0.469. The highest BCUT2D eigenvalue weighted by molar-refractivity contribution is 5.87. The predicted molar refractivity (Wildman–Crippen MR) is 74.8 cm³/mol. The zero-order chi connectivity index (χ0) is 13.9. The van der Waals surface area contributed by atoms with Crippen LogP contribution in [0.4, 0.5) is 11.4 Å². The number of azo groups is 1. The fraction of sp³-hybridized carbons (Fsp3) is 0. The Kier molecular flexibility index (Phi) is 3.01. The lowest BCUT2D eigenvalue weighted by Gasteiger charge is -2.01. The van der Waals surface area contributed by atoms with Crippen LogP contribution >= 0.6 is 0 Å². The first-order valence-electron chi connectivity index (χ1n) is 5.97. The van der Waals surface area contributed by atoms with E-state index in [4.69, 9.17) is 4.42 Å². The van der Waals surface area contributed by atoms with Crippen molar-refractivity contribution in [3.8, 4) is 5.75 Å². The Morgan fingerprint density at radius 1 is 0.900 bits per heavy atom. The van der Waals surface area contributed by atoms with Crippen LogP contribution in [-0.2, 0) is 0 Å². The molecular formula is C15H10N2O3. The molecule has 0 saturated heterocycles. The summed E-state index contributed by atoms with van der Waals surface area (Å²) in [4.78, 5) is 11.8. The molecule has 0 atom stereocenters. The first-order chi connectivity index (χ1) is 9.75. The average Bonchev–Trinajstić information content (AvgIpc) is 2.48. The van der Waals surface area contributed by atoms with Crippen molar-refractivity contribution in [3.05, 3.63) is 65.0 Å². The van der Waals surface area contributed by atoms with E-state index in [-0.39, 0.29) is 11.4 Å². The van der Waals surface area contributed by atoms with Gasteiger partial charge in [0.25, 0.3) is 0 Å². The largest absolute Gasteiger partial charge is 0.505 e. The summed E-state index contributed by atoms with van der Waals surface area (Å²) in [5.74, 6) is -0.225. The van der Waals surface area contributed by atoms with E-state index in [1.165, 1.54) is 0 Å². The molecule has 2 aromatic carbocycles. The maximum Gasteiger partial charge on any atom is 0.368 e. The molecule has 0 fully saturated rings. The summed E-state index contributed by atoms with van der Waals surface area (Å²) in [6.07, 6.45) is 0. The Morgan fingerprint density at radius 2 is 1.60 bits per heavy atom. The van der Waals surface area contributed by atoms with Gasteiger partial charge in [0.15, 0.2) is 5.75 Å². The van der Waals surface area contributed by atoms with E-state index in [9.17, 15) is 9.90 Å². The molecule has 1 N–H and O–H groups in total. The van der Waals surface area contributed by atoms with Gasteiger partial charge >= 0.3 is 5.63 Å². The van der Waals surface area contributed by atoms with Crippen LogP contribution in [-0.4, -0.2) is 5.11 Å². The van der Waals surface area contributed by atoms with Crippen molar-refractivity contribution in [2.75, 3.05) is 0 Å². The van der Waals surface area contributed by atoms with Crippen molar-refractivity contribution >= 4 is 22.3 Å². The third-order valence-corrected chi connectivity index (χ3v) is 2.78. The third-order valence-electron chi connectivity index (χ3n) is 2.78. The van der Waals surface area contributed by atoms with E-state index in [2.05, 4.69) is 10.2 Å². The summed E-state index contributed by atoms with van der Waals surface area (Å²) in [7, 11) is 0. The molecule has 98 valence electrons. The van der Waals surface area contributed by atoms with Crippen LogP contribution in [0.3, 0.4) is 0 Å². The molecule has 5 heteroatoms. The Labute approximate surface area is 113 Å². The van der Waals surface area contributed by atoms with E-state index in [0.717, 1.165) is 0 Å². The summed E-state index contributed by atoms with van der Waals surface area (Å²) < 4.78 is 5.09. The number of hydrogen-bond donors (Lipinski definition) is 1. The summed E-state index contributed by atoms with van der Waals surface area (Å²) >= 11 is 0. The van der Waals surface area contributed by atoms with E-state index in [1.807, 2.05) is 6.07 Å². The number of para-hydroxylation sites is 1. The van der Waals surface area contributed by atoms with Crippen molar-refractivity contribution in [1.29, 1.82) is 0 Å². The van der Waals surface area contributed by atoms with Gasteiger partial charge in [-0.25, -0.2) is 4.79 Å². The predicted octanol–water partition coefficient (Wildman–Crippen LogP) is 3.91. The molecule has 0 aliphatic rings. The summed E-state index contributed by atoms with van der Waals surface area (Å²) in [6.45, 7) is 0.